The van der Waals surface area contributed by atoms with Crippen LogP contribution in [-0.2, 0) is 9.59 Å². The van der Waals surface area contributed by atoms with E-state index in [1.807, 2.05) is 0 Å². The van der Waals surface area contributed by atoms with Crippen LogP contribution < -0.4 is 11.1 Å². The Hall–Kier alpha value is -1.10. The van der Waals surface area contributed by atoms with Crippen molar-refractivity contribution >= 4 is 11.9 Å². The van der Waals surface area contributed by atoms with Crippen LogP contribution in [0.25, 0.3) is 0 Å². The third-order valence-corrected chi connectivity index (χ3v) is 2.54. The van der Waals surface area contributed by atoms with Gasteiger partial charge in [-0.3, -0.25) is 9.59 Å². The summed E-state index contributed by atoms with van der Waals surface area (Å²) >= 11 is 0. The average molecular weight is 200 g/mol. The molecular formula is C9H16N2O3. The van der Waals surface area contributed by atoms with Crippen molar-refractivity contribution in [2.24, 2.45) is 11.7 Å². The van der Waals surface area contributed by atoms with Gasteiger partial charge in [0, 0.05) is 6.04 Å². The summed E-state index contributed by atoms with van der Waals surface area (Å²) in [5.41, 5.74) is 5.38. The van der Waals surface area contributed by atoms with Crippen LogP contribution in [0.15, 0.2) is 0 Å². The van der Waals surface area contributed by atoms with Crippen molar-refractivity contribution in [3.05, 3.63) is 0 Å². The first-order valence-electron chi connectivity index (χ1n) is 4.79. The predicted molar refractivity (Wildman–Crippen MR) is 50.6 cm³/mol. The van der Waals surface area contributed by atoms with E-state index in [9.17, 15) is 9.59 Å². The summed E-state index contributed by atoms with van der Waals surface area (Å²) in [6, 6.07) is -0.548. The minimum Gasteiger partial charge on any atom is -0.481 e. The lowest BCUT2D eigenvalue weighted by atomic mass is 10.1. The summed E-state index contributed by atoms with van der Waals surface area (Å²) in [5.74, 6) is -1.29. The number of nitrogens with one attached hydrogen (secondary N) is 1. The fourth-order valence-electron chi connectivity index (χ4n) is 1.67. The number of carbonyl (C=O) groups is 2. The van der Waals surface area contributed by atoms with Gasteiger partial charge in [-0.15, -0.1) is 0 Å². The highest BCUT2D eigenvalue weighted by Crippen LogP contribution is 2.25. The highest BCUT2D eigenvalue weighted by atomic mass is 16.4. The lowest BCUT2D eigenvalue weighted by Gasteiger charge is -2.13. The van der Waals surface area contributed by atoms with Gasteiger partial charge in [-0.1, -0.05) is 0 Å². The Kier molecular flexibility index (Phi) is 3.46. The minimum atomic E-state index is -0.775. The second-order valence-electron chi connectivity index (χ2n) is 3.84. The van der Waals surface area contributed by atoms with Crippen molar-refractivity contribution in [2.45, 2.75) is 38.3 Å². The van der Waals surface area contributed by atoms with E-state index in [2.05, 4.69) is 5.32 Å². The average Bonchev–Trinajstić information content (AvgIpc) is 2.52. The van der Waals surface area contributed by atoms with Crippen LogP contribution in [0, 0.1) is 5.92 Å². The number of carboxylic acids is 1. The van der Waals surface area contributed by atoms with Crippen molar-refractivity contribution < 1.29 is 14.7 Å². The van der Waals surface area contributed by atoms with Crippen molar-refractivity contribution in [3.63, 3.8) is 0 Å². The van der Waals surface area contributed by atoms with E-state index in [1.165, 1.54) is 0 Å². The summed E-state index contributed by atoms with van der Waals surface area (Å²) < 4.78 is 0. The van der Waals surface area contributed by atoms with E-state index in [-0.39, 0.29) is 17.9 Å². The third kappa shape index (κ3) is 2.70. The van der Waals surface area contributed by atoms with Gasteiger partial charge in [-0.25, -0.2) is 0 Å². The quantitative estimate of drug-likeness (QED) is 0.583. The third-order valence-electron chi connectivity index (χ3n) is 2.54. The zero-order chi connectivity index (χ0) is 10.7. The summed E-state index contributed by atoms with van der Waals surface area (Å²) in [4.78, 5) is 21.8. The van der Waals surface area contributed by atoms with Gasteiger partial charge in [0.15, 0.2) is 0 Å². The molecule has 14 heavy (non-hydrogen) atoms. The lowest BCUT2D eigenvalue weighted by molar-refractivity contribution is -0.141. The topological polar surface area (TPSA) is 92.4 Å². The van der Waals surface area contributed by atoms with Gasteiger partial charge in [0.2, 0.25) is 5.91 Å². The second-order valence-corrected chi connectivity index (χ2v) is 3.84. The maximum Gasteiger partial charge on any atom is 0.306 e. The van der Waals surface area contributed by atoms with Crippen LogP contribution in [0.5, 0.6) is 0 Å². The Balaban J connectivity index is 2.36. The number of hydrogen-bond donors (Lipinski definition) is 3. The Morgan fingerprint density at radius 2 is 2.14 bits per heavy atom. The molecule has 0 aromatic rings. The monoisotopic (exact) mass is 200 g/mol. The number of carboxylic acid groups (broad SMARTS) is 1. The van der Waals surface area contributed by atoms with E-state index in [1.54, 1.807) is 6.92 Å². The van der Waals surface area contributed by atoms with Crippen LogP contribution in [0.1, 0.15) is 26.2 Å². The molecule has 0 saturated heterocycles. The Labute approximate surface area is 82.7 Å². The molecule has 4 N–H and O–H groups in total. The fourth-order valence-corrected chi connectivity index (χ4v) is 1.67. The van der Waals surface area contributed by atoms with E-state index in [0.717, 1.165) is 6.42 Å². The number of rotatable bonds is 3. The number of nitrogens with two attached hydrogens (primary N) is 1. The molecule has 0 aromatic carbocycles. The highest BCUT2D eigenvalue weighted by Gasteiger charge is 2.30. The summed E-state index contributed by atoms with van der Waals surface area (Å²) in [5, 5.41) is 11.5. The van der Waals surface area contributed by atoms with Gasteiger partial charge in [-0.05, 0) is 26.2 Å². The van der Waals surface area contributed by atoms with E-state index in [0.29, 0.717) is 12.8 Å². The van der Waals surface area contributed by atoms with Gasteiger partial charge in [0.25, 0.3) is 0 Å². The minimum absolute atomic E-state index is 0.0189. The maximum absolute atomic E-state index is 11.2. The summed E-state index contributed by atoms with van der Waals surface area (Å²) in [7, 11) is 0. The molecule has 1 aliphatic rings. The number of carbonyl (C=O) groups excluding carboxylic acids is 1. The Bertz CT molecular complexity index is 240. The molecule has 1 amide bonds. The standard InChI is InChI=1S/C9H16N2O3/c1-5(10)8(12)11-7-3-2-6(4-7)9(13)14/h5-7H,2-4,10H2,1H3,(H,11,12)(H,13,14)/t5-,6+,7-/m0/s1. The smallest absolute Gasteiger partial charge is 0.306 e. The SMILES string of the molecule is C[C@H](N)C(=O)N[C@H]1CC[C@@H](C(=O)O)C1. The van der Waals surface area contributed by atoms with E-state index < -0.39 is 12.0 Å². The predicted octanol–water partition coefficient (Wildman–Crippen LogP) is -0.297. The molecule has 0 radical (unpaired) electrons. The largest absolute Gasteiger partial charge is 0.481 e. The Morgan fingerprint density at radius 3 is 2.57 bits per heavy atom. The molecule has 5 heteroatoms. The molecule has 3 atom stereocenters. The number of hydrogen-bond acceptors (Lipinski definition) is 3. The molecule has 5 nitrogen and oxygen atoms in total. The van der Waals surface area contributed by atoms with Crippen molar-refractivity contribution in [2.75, 3.05) is 0 Å². The zero-order valence-corrected chi connectivity index (χ0v) is 8.19. The van der Waals surface area contributed by atoms with Gasteiger partial charge in [0.05, 0.1) is 12.0 Å². The second kappa shape index (κ2) is 4.41. The van der Waals surface area contributed by atoms with Gasteiger partial charge in [0.1, 0.15) is 0 Å². The van der Waals surface area contributed by atoms with Crippen molar-refractivity contribution in [1.29, 1.82) is 0 Å². The van der Waals surface area contributed by atoms with Crippen molar-refractivity contribution in [3.8, 4) is 0 Å². The summed E-state index contributed by atoms with van der Waals surface area (Å²) in [6.45, 7) is 1.61. The highest BCUT2D eigenvalue weighted by molar-refractivity contribution is 5.81. The molecule has 0 unspecified atom stereocenters. The first-order chi connectivity index (χ1) is 6.50. The van der Waals surface area contributed by atoms with E-state index >= 15 is 0 Å². The normalized spacial score (nSPS) is 28.4. The zero-order valence-electron chi connectivity index (χ0n) is 8.19. The molecule has 1 rings (SSSR count). The molecule has 0 aliphatic heterocycles. The molecule has 80 valence electrons. The fraction of sp³-hybridized carbons (Fsp3) is 0.778. The van der Waals surface area contributed by atoms with Crippen LogP contribution >= 0.6 is 0 Å². The molecule has 0 heterocycles. The molecule has 1 saturated carbocycles. The lowest BCUT2D eigenvalue weighted by Crippen LogP contribution is -2.43. The van der Waals surface area contributed by atoms with E-state index in [4.69, 9.17) is 10.8 Å². The van der Waals surface area contributed by atoms with Gasteiger partial charge >= 0.3 is 5.97 Å². The van der Waals surface area contributed by atoms with Crippen LogP contribution in [0.2, 0.25) is 0 Å². The van der Waals surface area contributed by atoms with Crippen LogP contribution in [0.4, 0.5) is 0 Å². The van der Waals surface area contributed by atoms with Crippen LogP contribution in [-0.4, -0.2) is 29.1 Å². The van der Waals surface area contributed by atoms with Crippen LogP contribution in [0.3, 0.4) is 0 Å². The molecule has 0 spiro atoms. The first kappa shape index (κ1) is 11.0. The van der Waals surface area contributed by atoms with Crippen molar-refractivity contribution in [1.82, 2.24) is 5.32 Å². The van der Waals surface area contributed by atoms with Gasteiger partial charge in [-0.2, -0.15) is 0 Å². The summed E-state index contributed by atoms with van der Waals surface area (Å²) in [6.07, 6.45) is 1.89. The first-order valence-corrected chi connectivity index (χ1v) is 4.79. The number of aliphatic carboxylic acids is 1. The Morgan fingerprint density at radius 1 is 1.50 bits per heavy atom. The molecule has 0 bridgehead atoms. The number of amides is 1. The molecule has 1 aliphatic carbocycles. The molecule has 0 aromatic heterocycles. The molecular weight excluding hydrogens is 184 g/mol. The molecule has 1 fully saturated rings. The van der Waals surface area contributed by atoms with Gasteiger partial charge < -0.3 is 16.2 Å². The maximum atomic E-state index is 11.2.